The number of aliphatic carboxylic acids is 1. The summed E-state index contributed by atoms with van der Waals surface area (Å²) < 4.78 is 0. The number of rotatable bonds is 3. The molecule has 12 atom stereocenters. The van der Waals surface area contributed by atoms with Crippen LogP contribution in [-0.4, -0.2) is 33.5 Å². The lowest BCUT2D eigenvalue weighted by atomic mass is 9.43. The van der Waals surface area contributed by atoms with Crippen molar-refractivity contribution in [2.45, 2.75) is 90.8 Å². The van der Waals surface area contributed by atoms with Gasteiger partial charge in [-0.05, 0) is 110 Å². The Labute approximate surface area is 175 Å². The van der Waals surface area contributed by atoms with Crippen molar-refractivity contribution in [3.8, 4) is 0 Å². The van der Waals surface area contributed by atoms with Gasteiger partial charge in [-0.3, -0.25) is 4.79 Å². The molecular formula is C25H40O4. The van der Waals surface area contributed by atoms with Gasteiger partial charge in [0.25, 0.3) is 0 Å². The molecule has 5 saturated carbocycles. The van der Waals surface area contributed by atoms with Gasteiger partial charge < -0.3 is 15.3 Å². The van der Waals surface area contributed by atoms with E-state index in [-0.39, 0.29) is 29.0 Å². The lowest BCUT2D eigenvalue weighted by molar-refractivity contribution is -0.174. The molecule has 29 heavy (non-hydrogen) atoms. The zero-order valence-electron chi connectivity index (χ0n) is 18.4. The second-order valence-electron chi connectivity index (χ2n) is 12.2. The van der Waals surface area contributed by atoms with Crippen molar-refractivity contribution in [2.24, 2.45) is 58.2 Å². The number of carboxylic acid groups (broad SMARTS) is 1. The van der Waals surface area contributed by atoms with Crippen molar-refractivity contribution >= 4 is 5.97 Å². The second-order valence-corrected chi connectivity index (χ2v) is 12.2. The third kappa shape index (κ3) is 2.87. The van der Waals surface area contributed by atoms with Crippen molar-refractivity contribution in [3.63, 3.8) is 0 Å². The van der Waals surface area contributed by atoms with E-state index < -0.39 is 5.97 Å². The molecule has 0 amide bonds. The van der Waals surface area contributed by atoms with Gasteiger partial charge in [0.05, 0.1) is 18.1 Å². The van der Waals surface area contributed by atoms with Gasteiger partial charge in [-0.2, -0.15) is 0 Å². The minimum Gasteiger partial charge on any atom is -0.481 e. The number of hydrogen-bond acceptors (Lipinski definition) is 3. The molecule has 4 nitrogen and oxygen atoms in total. The van der Waals surface area contributed by atoms with Crippen LogP contribution < -0.4 is 0 Å². The fourth-order valence-corrected chi connectivity index (χ4v) is 9.48. The Morgan fingerprint density at radius 1 is 0.931 bits per heavy atom. The van der Waals surface area contributed by atoms with E-state index in [0.717, 1.165) is 32.1 Å². The van der Waals surface area contributed by atoms with Crippen LogP contribution in [0.3, 0.4) is 0 Å². The zero-order valence-corrected chi connectivity index (χ0v) is 18.4. The van der Waals surface area contributed by atoms with Crippen molar-refractivity contribution < 1.29 is 20.1 Å². The van der Waals surface area contributed by atoms with Crippen LogP contribution in [0.4, 0.5) is 0 Å². The Morgan fingerprint density at radius 2 is 1.62 bits per heavy atom. The van der Waals surface area contributed by atoms with E-state index in [2.05, 4.69) is 20.8 Å². The molecule has 0 heterocycles. The molecule has 0 bridgehead atoms. The molecule has 5 aliphatic rings. The van der Waals surface area contributed by atoms with Crippen LogP contribution in [0, 0.1) is 58.2 Å². The van der Waals surface area contributed by atoms with Gasteiger partial charge in [0.2, 0.25) is 0 Å². The molecule has 0 radical (unpaired) electrons. The van der Waals surface area contributed by atoms with Gasteiger partial charge in [0.15, 0.2) is 0 Å². The van der Waals surface area contributed by atoms with Crippen molar-refractivity contribution in [2.75, 3.05) is 0 Å². The van der Waals surface area contributed by atoms with Crippen molar-refractivity contribution in [1.82, 2.24) is 0 Å². The van der Waals surface area contributed by atoms with Gasteiger partial charge in [0, 0.05) is 0 Å². The molecule has 4 heteroatoms. The molecular weight excluding hydrogens is 364 g/mol. The van der Waals surface area contributed by atoms with E-state index in [9.17, 15) is 20.1 Å². The SMILES string of the molecule is C[C@H](C1CC1C(=O)O)[C@H]1CC[C@H]2[C@@H]3[C@@H](O)C[C@@H]4C[C@H](O)CC[C@]4(C)[C@H]3CC[C@]12C. The van der Waals surface area contributed by atoms with E-state index in [1.54, 1.807) is 0 Å². The van der Waals surface area contributed by atoms with Gasteiger partial charge in [-0.15, -0.1) is 0 Å². The first kappa shape index (κ1) is 20.3. The number of carboxylic acids is 1. The van der Waals surface area contributed by atoms with Crippen LogP contribution in [-0.2, 0) is 4.79 Å². The average molecular weight is 405 g/mol. The van der Waals surface area contributed by atoms with Crippen LogP contribution in [0.15, 0.2) is 0 Å². The molecule has 5 rings (SSSR count). The molecule has 0 aromatic rings. The first-order valence-electron chi connectivity index (χ1n) is 12.3. The van der Waals surface area contributed by atoms with Crippen molar-refractivity contribution in [3.05, 3.63) is 0 Å². The van der Waals surface area contributed by atoms with Crippen LogP contribution in [0.1, 0.15) is 78.6 Å². The monoisotopic (exact) mass is 404 g/mol. The molecule has 0 saturated heterocycles. The van der Waals surface area contributed by atoms with Crippen LogP contribution in [0.25, 0.3) is 0 Å². The third-order valence-electron chi connectivity index (χ3n) is 11.2. The Kier molecular flexibility index (Phi) is 4.68. The maximum Gasteiger partial charge on any atom is 0.306 e. The average Bonchev–Trinajstić information content (AvgIpc) is 3.39. The number of carbonyl (C=O) groups is 1. The number of fused-ring (bicyclic) bond motifs is 5. The van der Waals surface area contributed by atoms with Gasteiger partial charge >= 0.3 is 5.97 Å². The minimum atomic E-state index is -0.605. The molecule has 5 aliphatic carbocycles. The molecule has 0 aromatic carbocycles. The van der Waals surface area contributed by atoms with E-state index in [4.69, 9.17) is 0 Å². The predicted molar refractivity (Wildman–Crippen MR) is 111 cm³/mol. The summed E-state index contributed by atoms with van der Waals surface area (Å²) in [5, 5.41) is 30.9. The highest BCUT2D eigenvalue weighted by atomic mass is 16.4. The fraction of sp³-hybridized carbons (Fsp3) is 0.960. The smallest absolute Gasteiger partial charge is 0.306 e. The molecule has 5 fully saturated rings. The lowest BCUT2D eigenvalue weighted by Crippen LogP contribution is -2.58. The van der Waals surface area contributed by atoms with Crippen LogP contribution in [0.5, 0.6) is 0 Å². The van der Waals surface area contributed by atoms with Crippen molar-refractivity contribution in [1.29, 1.82) is 0 Å². The standard InChI is InChI=1S/C25H40O4/c1-13(16-12-17(16)23(28)29)18-4-5-19-22-20(7-9-25(18,19)3)24(2)8-6-15(26)10-14(24)11-21(22)27/h13-22,26-27H,4-12H2,1-3H3,(H,28,29)/t13-,14+,15-,16?,17?,18-,19+,20+,21+,22+,24+,25-/m1/s1. The van der Waals surface area contributed by atoms with Crippen LogP contribution >= 0.6 is 0 Å². The Bertz CT molecular complexity index is 678. The summed E-state index contributed by atoms with van der Waals surface area (Å²) in [5.41, 5.74) is 0.531. The van der Waals surface area contributed by atoms with Gasteiger partial charge in [-0.25, -0.2) is 0 Å². The topological polar surface area (TPSA) is 77.8 Å². The summed E-state index contributed by atoms with van der Waals surface area (Å²) >= 11 is 0. The molecule has 164 valence electrons. The van der Waals surface area contributed by atoms with Crippen LogP contribution in [0.2, 0.25) is 0 Å². The highest BCUT2D eigenvalue weighted by Gasteiger charge is 2.64. The lowest BCUT2D eigenvalue weighted by Gasteiger charge is -2.62. The molecule has 3 N–H and O–H groups in total. The van der Waals surface area contributed by atoms with Gasteiger partial charge in [-0.1, -0.05) is 20.8 Å². The summed E-state index contributed by atoms with van der Waals surface area (Å²) in [7, 11) is 0. The van der Waals surface area contributed by atoms with E-state index in [1.807, 2.05) is 0 Å². The number of hydrogen-bond donors (Lipinski definition) is 3. The number of aliphatic hydroxyl groups excluding tert-OH is 2. The predicted octanol–water partition coefficient (Wildman–Crippen LogP) is 4.33. The van der Waals surface area contributed by atoms with Gasteiger partial charge in [0.1, 0.15) is 0 Å². The van der Waals surface area contributed by atoms with E-state index in [1.165, 1.54) is 25.7 Å². The normalized spacial score (nSPS) is 57.3. The maximum atomic E-state index is 11.4. The third-order valence-corrected chi connectivity index (χ3v) is 11.2. The highest BCUT2D eigenvalue weighted by Crippen LogP contribution is 2.69. The quantitative estimate of drug-likeness (QED) is 0.654. The second kappa shape index (κ2) is 6.69. The molecule has 0 spiro atoms. The largest absolute Gasteiger partial charge is 0.481 e. The van der Waals surface area contributed by atoms with E-state index >= 15 is 0 Å². The summed E-state index contributed by atoms with van der Waals surface area (Å²) in [6.45, 7) is 7.26. The summed E-state index contributed by atoms with van der Waals surface area (Å²) in [5.74, 6) is 2.76. The maximum absolute atomic E-state index is 11.4. The first-order chi connectivity index (χ1) is 13.7. The summed E-state index contributed by atoms with van der Waals surface area (Å²) in [6.07, 6.45) is 9.08. The first-order valence-corrected chi connectivity index (χ1v) is 12.3. The minimum absolute atomic E-state index is 0.113. The van der Waals surface area contributed by atoms with E-state index in [0.29, 0.717) is 41.4 Å². The molecule has 0 aliphatic heterocycles. The molecule has 0 aromatic heterocycles. The summed E-state index contributed by atoms with van der Waals surface area (Å²) in [4.78, 5) is 11.4. The summed E-state index contributed by atoms with van der Waals surface area (Å²) in [6, 6.07) is 0. The Balaban J connectivity index is 1.39. The Morgan fingerprint density at radius 3 is 2.31 bits per heavy atom. The molecule has 2 unspecified atom stereocenters. The Hall–Kier alpha value is -0.610. The number of aliphatic hydroxyl groups is 2. The zero-order chi connectivity index (χ0) is 20.7. The fourth-order valence-electron chi connectivity index (χ4n) is 9.48. The highest BCUT2D eigenvalue weighted by molar-refractivity contribution is 5.73.